The van der Waals surface area contributed by atoms with Gasteiger partial charge in [0, 0.05) is 6.54 Å². The third-order valence-corrected chi connectivity index (χ3v) is 2.41. The van der Waals surface area contributed by atoms with E-state index >= 15 is 0 Å². The average Bonchev–Trinajstić information content (AvgIpc) is 2.34. The van der Waals surface area contributed by atoms with Crippen molar-refractivity contribution in [1.29, 1.82) is 0 Å². The molecule has 0 bridgehead atoms. The van der Waals surface area contributed by atoms with E-state index in [-0.39, 0.29) is 0 Å². The first kappa shape index (κ1) is 14.0. The standard InChI is InChI=1S/C12H18N4O2/c1-8-5-3-4-6-10(8)7-14-12(18)16-15-11(17)9(2)13/h3-6,9H,7,13H2,1-2H3,(H,15,17)(H2,14,16,18). The quantitative estimate of drug-likeness (QED) is 0.576. The van der Waals surface area contributed by atoms with E-state index in [0.29, 0.717) is 6.54 Å². The van der Waals surface area contributed by atoms with Gasteiger partial charge in [-0.15, -0.1) is 0 Å². The minimum Gasteiger partial charge on any atom is -0.333 e. The lowest BCUT2D eigenvalue weighted by Gasteiger charge is -2.11. The van der Waals surface area contributed by atoms with Crippen molar-refractivity contribution in [3.63, 3.8) is 0 Å². The van der Waals surface area contributed by atoms with Crippen molar-refractivity contribution in [3.05, 3.63) is 35.4 Å². The third kappa shape index (κ3) is 4.42. The van der Waals surface area contributed by atoms with Gasteiger partial charge in [-0.2, -0.15) is 0 Å². The van der Waals surface area contributed by atoms with E-state index in [1.165, 1.54) is 6.92 Å². The van der Waals surface area contributed by atoms with Gasteiger partial charge in [-0.05, 0) is 25.0 Å². The summed E-state index contributed by atoms with van der Waals surface area (Å²) in [6.07, 6.45) is 0. The number of hydrogen-bond acceptors (Lipinski definition) is 3. The fraction of sp³-hybridized carbons (Fsp3) is 0.333. The van der Waals surface area contributed by atoms with Crippen molar-refractivity contribution in [2.75, 3.05) is 0 Å². The van der Waals surface area contributed by atoms with Crippen molar-refractivity contribution in [1.82, 2.24) is 16.2 Å². The molecule has 0 radical (unpaired) electrons. The Labute approximate surface area is 106 Å². The largest absolute Gasteiger partial charge is 0.333 e. The molecule has 3 amide bonds. The van der Waals surface area contributed by atoms with Gasteiger partial charge < -0.3 is 11.1 Å². The molecule has 0 fully saturated rings. The number of hydrogen-bond donors (Lipinski definition) is 4. The number of aryl methyl sites for hydroxylation is 1. The molecule has 6 heteroatoms. The zero-order valence-corrected chi connectivity index (χ0v) is 10.5. The Bertz CT molecular complexity index is 432. The van der Waals surface area contributed by atoms with E-state index < -0.39 is 18.0 Å². The molecule has 0 spiro atoms. The Morgan fingerprint density at radius 1 is 1.28 bits per heavy atom. The number of hydrazine groups is 1. The van der Waals surface area contributed by atoms with Crippen LogP contribution in [0.5, 0.6) is 0 Å². The second kappa shape index (κ2) is 6.61. The second-order valence-electron chi connectivity index (χ2n) is 4.01. The minimum absolute atomic E-state index is 0.395. The second-order valence-corrected chi connectivity index (χ2v) is 4.01. The summed E-state index contributed by atoms with van der Waals surface area (Å²) < 4.78 is 0. The van der Waals surface area contributed by atoms with Crippen LogP contribution < -0.4 is 21.9 Å². The molecule has 1 unspecified atom stereocenters. The van der Waals surface area contributed by atoms with Crippen molar-refractivity contribution in [2.24, 2.45) is 5.73 Å². The number of rotatable bonds is 3. The van der Waals surface area contributed by atoms with Gasteiger partial charge in [0.15, 0.2) is 0 Å². The normalized spacial score (nSPS) is 11.5. The van der Waals surface area contributed by atoms with Crippen molar-refractivity contribution in [2.45, 2.75) is 26.4 Å². The Morgan fingerprint density at radius 3 is 2.56 bits per heavy atom. The zero-order valence-electron chi connectivity index (χ0n) is 10.5. The van der Waals surface area contributed by atoms with Crippen molar-refractivity contribution < 1.29 is 9.59 Å². The molecule has 0 saturated carbocycles. The molecule has 1 aromatic carbocycles. The molecule has 0 aromatic heterocycles. The maximum atomic E-state index is 11.4. The summed E-state index contributed by atoms with van der Waals surface area (Å²) in [4.78, 5) is 22.5. The number of benzene rings is 1. The van der Waals surface area contributed by atoms with Crippen molar-refractivity contribution in [3.8, 4) is 0 Å². The molecule has 98 valence electrons. The Hall–Kier alpha value is -2.08. The van der Waals surface area contributed by atoms with Gasteiger partial charge in [-0.3, -0.25) is 10.2 Å². The lowest BCUT2D eigenvalue weighted by Crippen LogP contribution is -2.51. The lowest BCUT2D eigenvalue weighted by molar-refractivity contribution is -0.122. The van der Waals surface area contributed by atoms with Crippen LogP contribution in [-0.4, -0.2) is 18.0 Å². The number of carbonyl (C=O) groups excluding carboxylic acids is 2. The molecule has 0 aliphatic heterocycles. The predicted octanol–water partition coefficient (Wildman–Crippen LogP) is 0.173. The molecule has 5 N–H and O–H groups in total. The summed E-state index contributed by atoms with van der Waals surface area (Å²) in [7, 11) is 0. The zero-order chi connectivity index (χ0) is 13.5. The maximum Gasteiger partial charge on any atom is 0.333 e. The van der Waals surface area contributed by atoms with Gasteiger partial charge in [0.05, 0.1) is 6.04 Å². The molecule has 0 aliphatic carbocycles. The average molecular weight is 250 g/mol. The predicted molar refractivity (Wildman–Crippen MR) is 68.3 cm³/mol. The molecule has 1 rings (SSSR count). The maximum absolute atomic E-state index is 11.4. The number of nitrogens with one attached hydrogen (secondary N) is 3. The van der Waals surface area contributed by atoms with Crippen molar-refractivity contribution >= 4 is 11.9 Å². The van der Waals surface area contributed by atoms with Crippen LogP contribution in [0.25, 0.3) is 0 Å². The molecule has 0 heterocycles. The van der Waals surface area contributed by atoms with Crippen LogP contribution in [0.2, 0.25) is 0 Å². The van der Waals surface area contributed by atoms with Crippen LogP contribution in [0.1, 0.15) is 18.1 Å². The fourth-order valence-electron chi connectivity index (χ4n) is 1.26. The first-order valence-electron chi connectivity index (χ1n) is 5.64. The first-order chi connectivity index (χ1) is 8.50. The summed E-state index contributed by atoms with van der Waals surface area (Å²) in [5, 5.41) is 2.63. The number of nitrogens with two attached hydrogens (primary N) is 1. The smallest absolute Gasteiger partial charge is 0.333 e. The summed E-state index contributed by atoms with van der Waals surface area (Å²) in [5.74, 6) is -0.443. The van der Waals surface area contributed by atoms with E-state index in [1.54, 1.807) is 0 Å². The lowest BCUT2D eigenvalue weighted by atomic mass is 10.1. The summed E-state index contributed by atoms with van der Waals surface area (Å²) >= 11 is 0. The van der Waals surface area contributed by atoms with Crippen LogP contribution in [-0.2, 0) is 11.3 Å². The van der Waals surface area contributed by atoms with Gasteiger partial charge >= 0.3 is 6.03 Å². The van der Waals surface area contributed by atoms with Crippen LogP contribution in [0.3, 0.4) is 0 Å². The Kier molecular flexibility index (Phi) is 5.13. The van der Waals surface area contributed by atoms with E-state index in [4.69, 9.17) is 5.73 Å². The monoisotopic (exact) mass is 250 g/mol. The third-order valence-electron chi connectivity index (χ3n) is 2.41. The molecule has 18 heavy (non-hydrogen) atoms. The Morgan fingerprint density at radius 2 is 1.94 bits per heavy atom. The fourth-order valence-corrected chi connectivity index (χ4v) is 1.26. The highest BCUT2D eigenvalue weighted by atomic mass is 16.2. The molecule has 0 aliphatic rings. The van der Waals surface area contributed by atoms with E-state index in [2.05, 4.69) is 16.2 Å². The van der Waals surface area contributed by atoms with Crippen LogP contribution >= 0.6 is 0 Å². The molecule has 6 nitrogen and oxygen atoms in total. The molecule has 1 aromatic rings. The molecular formula is C12H18N4O2. The number of urea groups is 1. The molecule has 1 atom stereocenters. The Balaban J connectivity index is 2.34. The summed E-state index contributed by atoms with van der Waals surface area (Å²) in [6, 6.07) is 6.58. The first-order valence-corrected chi connectivity index (χ1v) is 5.64. The van der Waals surface area contributed by atoms with Gasteiger partial charge in [0.1, 0.15) is 0 Å². The minimum atomic E-state index is -0.665. The highest BCUT2D eigenvalue weighted by Gasteiger charge is 2.08. The highest BCUT2D eigenvalue weighted by molar-refractivity contribution is 5.84. The number of carbonyl (C=O) groups is 2. The van der Waals surface area contributed by atoms with Gasteiger partial charge in [-0.25, -0.2) is 10.2 Å². The van der Waals surface area contributed by atoms with Crippen LogP contribution in [0, 0.1) is 6.92 Å². The van der Waals surface area contributed by atoms with Gasteiger partial charge in [0.2, 0.25) is 0 Å². The van der Waals surface area contributed by atoms with E-state index in [1.807, 2.05) is 31.2 Å². The van der Waals surface area contributed by atoms with Gasteiger partial charge in [-0.1, -0.05) is 24.3 Å². The van der Waals surface area contributed by atoms with Crippen LogP contribution in [0.4, 0.5) is 4.79 Å². The number of amides is 3. The van der Waals surface area contributed by atoms with E-state index in [0.717, 1.165) is 11.1 Å². The van der Waals surface area contributed by atoms with Gasteiger partial charge in [0.25, 0.3) is 5.91 Å². The molecule has 0 saturated heterocycles. The highest BCUT2D eigenvalue weighted by Crippen LogP contribution is 2.05. The van der Waals surface area contributed by atoms with E-state index in [9.17, 15) is 9.59 Å². The topological polar surface area (TPSA) is 96.2 Å². The summed E-state index contributed by atoms with van der Waals surface area (Å²) in [6.45, 7) is 3.89. The molecular weight excluding hydrogens is 232 g/mol. The SMILES string of the molecule is Cc1ccccc1CNC(=O)NNC(=O)C(C)N. The summed E-state index contributed by atoms with van der Waals surface area (Å²) in [5.41, 5.74) is 11.9. The van der Waals surface area contributed by atoms with Crippen LogP contribution in [0.15, 0.2) is 24.3 Å².